The van der Waals surface area contributed by atoms with Crippen molar-refractivity contribution in [2.75, 3.05) is 0 Å². The zero-order valence-corrected chi connectivity index (χ0v) is 47.5. The molecule has 0 aliphatic rings. The molecule has 2 nitrogen and oxygen atoms in total. The Morgan fingerprint density at radius 1 is 0.324 bits per heavy atom. The van der Waals surface area contributed by atoms with Crippen LogP contribution in [0, 0.1) is 23.7 Å². The summed E-state index contributed by atoms with van der Waals surface area (Å²) in [6.45, 7) is 6.88. The van der Waals surface area contributed by atoms with Crippen molar-refractivity contribution in [3.63, 3.8) is 0 Å². The number of nitrogens with zero attached hydrogens (tertiary/aromatic N) is 2. The molecule has 0 saturated carbocycles. The van der Waals surface area contributed by atoms with Gasteiger partial charge in [-0.05, 0) is 61.8 Å². The molecule has 0 saturated heterocycles. The molecule has 2 rings (SSSR count). The molecule has 0 unspecified atom stereocenters. The average Bonchev–Trinajstić information content (AvgIpc) is 3.39. The molecule has 0 atom stereocenters. The molecular formula is C69H114N2. The quantitative estimate of drug-likeness (QED) is 0.0359. The molecule has 400 valence electrons. The lowest BCUT2D eigenvalue weighted by molar-refractivity contribution is 0.524. The van der Waals surface area contributed by atoms with Crippen molar-refractivity contribution in [2.45, 2.75) is 329 Å². The number of para-hydroxylation sites is 2. The highest BCUT2D eigenvalue weighted by Crippen LogP contribution is 2.24. The van der Waals surface area contributed by atoms with E-state index in [2.05, 4.69) is 93.0 Å². The molecule has 2 aromatic rings. The predicted molar refractivity (Wildman–Crippen MR) is 320 cm³/mol. The van der Waals surface area contributed by atoms with E-state index < -0.39 is 0 Å². The van der Waals surface area contributed by atoms with E-state index in [1.807, 2.05) is 6.21 Å². The first kappa shape index (κ1) is 64.0. The second-order valence-corrected chi connectivity index (χ2v) is 21.5. The summed E-state index contributed by atoms with van der Waals surface area (Å²) in [7, 11) is 0. The van der Waals surface area contributed by atoms with Crippen molar-refractivity contribution in [3.8, 4) is 23.7 Å². The lowest BCUT2D eigenvalue weighted by atomic mass is 10.0. The number of hydrogen-bond acceptors (Lipinski definition) is 2. The van der Waals surface area contributed by atoms with Gasteiger partial charge in [0.1, 0.15) is 0 Å². The summed E-state index contributed by atoms with van der Waals surface area (Å²) in [5, 5.41) is 0. The highest BCUT2D eigenvalue weighted by Gasteiger charge is 2.06. The average molecular weight is 972 g/mol. The largest absolute Gasteiger partial charge is 0.255 e. The second kappa shape index (κ2) is 51.8. The molecule has 0 radical (unpaired) electrons. The van der Waals surface area contributed by atoms with E-state index in [1.165, 1.54) is 268 Å². The minimum Gasteiger partial charge on any atom is -0.255 e. The van der Waals surface area contributed by atoms with Gasteiger partial charge in [-0.2, -0.15) is 0 Å². The number of unbranched alkanes of at least 4 members (excludes halogenated alkanes) is 40. The van der Waals surface area contributed by atoms with E-state index in [0.717, 1.165) is 68.5 Å². The number of hydrogen-bond donors (Lipinski definition) is 0. The maximum atomic E-state index is 5.24. The molecular weight excluding hydrogens is 857 g/mol. The molecule has 0 bridgehead atoms. The second-order valence-electron chi connectivity index (χ2n) is 21.5. The Bertz CT molecular complexity index is 1640. The van der Waals surface area contributed by atoms with Gasteiger partial charge in [0, 0.05) is 31.9 Å². The Hall–Kier alpha value is -3.10. The topological polar surface area (TPSA) is 24.7 Å². The first-order valence-corrected chi connectivity index (χ1v) is 31.5. The zero-order chi connectivity index (χ0) is 50.4. The van der Waals surface area contributed by atoms with Crippen LogP contribution in [0.25, 0.3) is 0 Å². The van der Waals surface area contributed by atoms with Gasteiger partial charge in [-0.15, -0.1) is 23.7 Å². The number of rotatable bonds is 49. The monoisotopic (exact) mass is 971 g/mol. The van der Waals surface area contributed by atoms with Crippen molar-refractivity contribution >= 4 is 23.3 Å². The first-order valence-electron chi connectivity index (χ1n) is 31.5. The third kappa shape index (κ3) is 41.0. The van der Waals surface area contributed by atoms with Crippen molar-refractivity contribution in [2.24, 2.45) is 9.98 Å². The normalized spacial score (nSPS) is 11.6. The van der Waals surface area contributed by atoms with Gasteiger partial charge in [-0.1, -0.05) is 301 Å². The summed E-state index contributed by atoms with van der Waals surface area (Å²) >= 11 is 0. The Morgan fingerprint density at radius 2 is 0.606 bits per heavy atom. The van der Waals surface area contributed by atoms with Gasteiger partial charge in [0.2, 0.25) is 0 Å². The van der Waals surface area contributed by atoms with E-state index >= 15 is 0 Å². The fourth-order valence-corrected chi connectivity index (χ4v) is 10.0. The van der Waals surface area contributed by atoms with Gasteiger partial charge in [-0.25, -0.2) is 0 Å². The summed E-state index contributed by atoms with van der Waals surface area (Å²) in [5.74, 6) is 13.9. The Balaban J connectivity index is 1.61. The van der Waals surface area contributed by atoms with Crippen LogP contribution in [0.2, 0.25) is 0 Å². The lowest BCUT2D eigenvalue weighted by Crippen LogP contribution is -2.01. The van der Waals surface area contributed by atoms with Crippen LogP contribution in [0.4, 0.5) is 11.4 Å². The van der Waals surface area contributed by atoms with Crippen LogP contribution in [0.3, 0.4) is 0 Å². The summed E-state index contributed by atoms with van der Waals surface area (Å²) in [6, 6.07) is 17.3. The van der Waals surface area contributed by atoms with Crippen LogP contribution in [-0.4, -0.2) is 11.9 Å². The first-order chi connectivity index (χ1) is 35.3. The van der Waals surface area contributed by atoms with E-state index in [1.54, 1.807) is 0 Å². The van der Waals surface area contributed by atoms with Gasteiger partial charge in [0.05, 0.1) is 17.1 Å². The maximum absolute atomic E-state index is 5.24. The van der Waals surface area contributed by atoms with Crippen molar-refractivity contribution in [1.29, 1.82) is 0 Å². The number of benzene rings is 2. The highest BCUT2D eigenvalue weighted by molar-refractivity contribution is 6.31. The van der Waals surface area contributed by atoms with Gasteiger partial charge in [0.15, 0.2) is 0 Å². The minimum atomic E-state index is 0.888. The molecule has 71 heavy (non-hydrogen) atoms. The maximum Gasteiger partial charge on any atom is 0.0665 e. The standard InChI is InChI=1S/C69H114N2/c1-4-7-10-12-14-16-18-20-22-24-26-28-30-32-34-36-38-40-42-44-46-48-51-57-65-59-53-55-62-68(65)70-64-67(61-50-9-6-3)71-69-63-56-54-60-66(69)58-52-49-47-45-43-41-39-37-35-33-31-29-27-25-23-21-19-17-15-13-11-8-5-2/h53-56,59-60,62-64H,4-45,50-52,57-58,61H2,1-3H3. The summed E-state index contributed by atoms with van der Waals surface area (Å²) in [4.78, 5) is 10.3. The third-order valence-corrected chi connectivity index (χ3v) is 14.7. The van der Waals surface area contributed by atoms with Crippen LogP contribution in [-0.2, 0) is 12.8 Å². The van der Waals surface area contributed by atoms with Crippen LogP contribution < -0.4 is 0 Å². The Kier molecular flexibility index (Phi) is 46.7. The fraction of sp³-hybridized carbons (Fsp3) is 0.739. The molecule has 2 heteroatoms. The number of aryl methyl sites for hydroxylation is 2. The molecule has 0 heterocycles. The zero-order valence-electron chi connectivity index (χ0n) is 47.5. The summed E-state index contributed by atoms with van der Waals surface area (Å²) < 4.78 is 0. The highest BCUT2D eigenvalue weighted by atomic mass is 14.8. The minimum absolute atomic E-state index is 0.888. The van der Waals surface area contributed by atoms with Crippen molar-refractivity contribution < 1.29 is 0 Å². The van der Waals surface area contributed by atoms with E-state index in [-0.39, 0.29) is 0 Å². The third-order valence-electron chi connectivity index (χ3n) is 14.7. The fourth-order valence-electron chi connectivity index (χ4n) is 10.0. The van der Waals surface area contributed by atoms with E-state index in [0.29, 0.717) is 0 Å². The SMILES string of the molecule is CCCCCCCCCCCCCCCCCCCCCC#CCCc1ccccc1N=CC(CCCCC)=Nc1ccccc1CCC#CCCCCCCCCCCCCCCCCCCCCC. The molecule has 2 aromatic carbocycles. The van der Waals surface area contributed by atoms with Crippen LogP contribution in [0.5, 0.6) is 0 Å². The van der Waals surface area contributed by atoms with E-state index in [4.69, 9.17) is 9.98 Å². The van der Waals surface area contributed by atoms with Crippen LogP contribution in [0.1, 0.15) is 327 Å². The smallest absolute Gasteiger partial charge is 0.0665 e. The predicted octanol–water partition coefficient (Wildman–Crippen LogP) is 23.3. The number of aliphatic imine (C=N–C) groups is 2. The van der Waals surface area contributed by atoms with Gasteiger partial charge in [0.25, 0.3) is 0 Å². The van der Waals surface area contributed by atoms with Crippen LogP contribution in [0.15, 0.2) is 58.5 Å². The molecule has 0 N–H and O–H groups in total. The molecule has 0 spiro atoms. The van der Waals surface area contributed by atoms with E-state index in [9.17, 15) is 0 Å². The molecule has 0 amide bonds. The summed E-state index contributed by atoms with van der Waals surface area (Å²) in [5.41, 5.74) is 5.74. The van der Waals surface area contributed by atoms with Gasteiger partial charge >= 0.3 is 0 Å². The van der Waals surface area contributed by atoms with Gasteiger partial charge < -0.3 is 0 Å². The molecule has 0 aliphatic heterocycles. The molecule has 0 fully saturated rings. The van der Waals surface area contributed by atoms with Crippen LogP contribution >= 0.6 is 0 Å². The summed E-state index contributed by atoms with van der Waals surface area (Å²) in [6.07, 6.45) is 66.2. The molecule has 0 aliphatic carbocycles. The van der Waals surface area contributed by atoms with Crippen molar-refractivity contribution in [1.82, 2.24) is 0 Å². The lowest BCUT2D eigenvalue weighted by Gasteiger charge is -2.07. The Morgan fingerprint density at radius 3 is 0.972 bits per heavy atom. The van der Waals surface area contributed by atoms with Gasteiger partial charge in [-0.3, -0.25) is 9.98 Å². The molecule has 0 aromatic heterocycles. The Labute approximate surface area is 443 Å². The van der Waals surface area contributed by atoms with Crippen molar-refractivity contribution in [3.05, 3.63) is 59.7 Å².